The molecular weight excluding hydrogens is 210 g/mol. The molecule has 1 unspecified atom stereocenters. The summed E-state index contributed by atoms with van der Waals surface area (Å²) in [5.41, 5.74) is 8.38. The highest BCUT2D eigenvalue weighted by Crippen LogP contribution is 2.20. The number of nitrogens with two attached hydrogens (primary N) is 1. The van der Waals surface area contributed by atoms with Crippen molar-refractivity contribution in [3.05, 3.63) is 29.8 Å². The van der Waals surface area contributed by atoms with E-state index in [2.05, 4.69) is 48.0 Å². The van der Waals surface area contributed by atoms with Crippen molar-refractivity contribution in [1.29, 1.82) is 0 Å². The van der Waals surface area contributed by atoms with Gasteiger partial charge in [0.25, 0.3) is 0 Å². The molecule has 0 saturated carbocycles. The Morgan fingerprint density at radius 2 is 1.88 bits per heavy atom. The van der Waals surface area contributed by atoms with E-state index in [0.29, 0.717) is 6.04 Å². The summed E-state index contributed by atoms with van der Waals surface area (Å²) in [4.78, 5) is 4.86. The Bertz CT molecular complexity index is 358. The molecule has 1 aromatic rings. The summed E-state index contributed by atoms with van der Waals surface area (Å²) in [6.07, 6.45) is 0. The van der Waals surface area contributed by atoms with Crippen LogP contribution in [0.4, 0.5) is 5.69 Å². The van der Waals surface area contributed by atoms with E-state index >= 15 is 0 Å². The smallest absolute Gasteiger partial charge is 0.0367 e. The van der Waals surface area contributed by atoms with E-state index in [1.807, 2.05) is 6.92 Å². The number of benzene rings is 1. The van der Waals surface area contributed by atoms with Crippen LogP contribution in [0, 0.1) is 0 Å². The van der Waals surface area contributed by atoms with Gasteiger partial charge in [0.05, 0.1) is 0 Å². The molecule has 0 bridgehead atoms. The Hall–Kier alpha value is -1.06. The monoisotopic (exact) mass is 233 g/mol. The van der Waals surface area contributed by atoms with E-state index in [1.165, 1.54) is 11.3 Å². The summed E-state index contributed by atoms with van der Waals surface area (Å²) in [5, 5.41) is 0. The van der Waals surface area contributed by atoms with Crippen LogP contribution in [0.15, 0.2) is 24.3 Å². The van der Waals surface area contributed by atoms with Gasteiger partial charge in [-0.1, -0.05) is 12.1 Å². The molecule has 1 aliphatic rings. The van der Waals surface area contributed by atoms with Crippen molar-refractivity contribution in [1.82, 2.24) is 4.90 Å². The van der Waals surface area contributed by atoms with Crippen molar-refractivity contribution in [2.45, 2.75) is 25.9 Å². The fourth-order valence-corrected chi connectivity index (χ4v) is 2.27. The van der Waals surface area contributed by atoms with Crippen LogP contribution in [0.2, 0.25) is 0 Å². The highest BCUT2D eigenvalue weighted by atomic mass is 15.3. The Balaban J connectivity index is 2.07. The van der Waals surface area contributed by atoms with Crippen molar-refractivity contribution in [2.75, 3.05) is 31.6 Å². The van der Waals surface area contributed by atoms with E-state index < -0.39 is 0 Å². The minimum atomic E-state index is 0.121. The number of rotatable bonds is 2. The van der Waals surface area contributed by atoms with Gasteiger partial charge in [-0.05, 0) is 38.6 Å². The van der Waals surface area contributed by atoms with Crippen LogP contribution < -0.4 is 10.6 Å². The zero-order chi connectivity index (χ0) is 12.4. The lowest BCUT2D eigenvalue weighted by molar-refractivity contribution is 0.234. The molecule has 3 heteroatoms. The lowest BCUT2D eigenvalue weighted by Gasteiger charge is -2.39. The molecule has 17 heavy (non-hydrogen) atoms. The fraction of sp³-hybridized carbons (Fsp3) is 0.571. The average Bonchev–Trinajstić information content (AvgIpc) is 2.33. The van der Waals surface area contributed by atoms with Crippen LogP contribution in [0.5, 0.6) is 0 Å². The molecule has 0 spiro atoms. The average molecular weight is 233 g/mol. The molecule has 1 saturated heterocycles. The van der Waals surface area contributed by atoms with Crippen LogP contribution >= 0.6 is 0 Å². The first-order valence-electron chi connectivity index (χ1n) is 6.38. The second kappa shape index (κ2) is 5.07. The second-order valence-corrected chi connectivity index (χ2v) is 5.16. The van der Waals surface area contributed by atoms with Crippen molar-refractivity contribution < 1.29 is 0 Å². The minimum Gasteiger partial charge on any atom is -0.369 e. The van der Waals surface area contributed by atoms with E-state index in [4.69, 9.17) is 5.73 Å². The molecule has 2 rings (SSSR count). The first kappa shape index (κ1) is 12.4. The van der Waals surface area contributed by atoms with Crippen LogP contribution in [0.25, 0.3) is 0 Å². The Labute approximate surface area is 104 Å². The molecule has 0 radical (unpaired) electrons. The van der Waals surface area contributed by atoms with Gasteiger partial charge in [-0.3, -0.25) is 0 Å². The van der Waals surface area contributed by atoms with E-state index in [-0.39, 0.29) is 6.04 Å². The zero-order valence-corrected chi connectivity index (χ0v) is 11.1. The third-order valence-electron chi connectivity index (χ3n) is 3.74. The molecule has 1 aliphatic heterocycles. The van der Waals surface area contributed by atoms with Gasteiger partial charge in [-0.15, -0.1) is 0 Å². The number of likely N-dealkylation sites (N-methyl/N-ethyl adjacent to an activating group) is 1. The summed E-state index contributed by atoms with van der Waals surface area (Å²) in [6.45, 7) is 7.65. The number of nitrogens with zero attached hydrogens (tertiary/aromatic N) is 2. The number of anilines is 1. The van der Waals surface area contributed by atoms with Gasteiger partial charge in [-0.25, -0.2) is 0 Å². The largest absolute Gasteiger partial charge is 0.369 e. The first-order chi connectivity index (χ1) is 8.08. The van der Waals surface area contributed by atoms with Crippen LogP contribution in [0.1, 0.15) is 25.5 Å². The molecule has 0 aromatic heterocycles. The topological polar surface area (TPSA) is 32.5 Å². The maximum Gasteiger partial charge on any atom is 0.0367 e. The van der Waals surface area contributed by atoms with Gasteiger partial charge in [0, 0.05) is 37.4 Å². The predicted octanol–water partition coefficient (Wildman–Crippen LogP) is 1.85. The number of hydrogen-bond donors (Lipinski definition) is 1. The van der Waals surface area contributed by atoms with Gasteiger partial charge < -0.3 is 15.5 Å². The third kappa shape index (κ3) is 2.79. The molecule has 94 valence electrons. The lowest BCUT2D eigenvalue weighted by atomic mass is 10.1. The Morgan fingerprint density at radius 1 is 1.24 bits per heavy atom. The van der Waals surface area contributed by atoms with Crippen molar-refractivity contribution >= 4 is 5.69 Å². The van der Waals surface area contributed by atoms with Crippen LogP contribution in [-0.2, 0) is 0 Å². The molecule has 2 N–H and O–H groups in total. The molecule has 1 fully saturated rings. The van der Waals surface area contributed by atoms with E-state index in [9.17, 15) is 0 Å². The van der Waals surface area contributed by atoms with Gasteiger partial charge in [0.1, 0.15) is 0 Å². The fourth-order valence-electron chi connectivity index (χ4n) is 2.27. The summed E-state index contributed by atoms with van der Waals surface area (Å²) < 4.78 is 0. The third-order valence-corrected chi connectivity index (χ3v) is 3.74. The predicted molar refractivity (Wildman–Crippen MR) is 73.3 cm³/mol. The normalized spacial score (nSPS) is 23.8. The van der Waals surface area contributed by atoms with Gasteiger partial charge in [0.15, 0.2) is 0 Å². The van der Waals surface area contributed by atoms with Crippen molar-refractivity contribution in [3.8, 4) is 0 Å². The maximum atomic E-state index is 5.86. The van der Waals surface area contributed by atoms with E-state index in [1.54, 1.807) is 0 Å². The second-order valence-electron chi connectivity index (χ2n) is 5.16. The molecule has 1 heterocycles. The van der Waals surface area contributed by atoms with Gasteiger partial charge in [0.2, 0.25) is 0 Å². The number of piperazine rings is 1. The number of hydrogen-bond acceptors (Lipinski definition) is 3. The SMILES string of the molecule is CC1CN(c2ccc([C@H](C)N)cc2)CCN1C. The molecule has 1 aromatic carbocycles. The molecule has 2 atom stereocenters. The van der Waals surface area contributed by atoms with Crippen LogP contribution in [0.3, 0.4) is 0 Å². The minimum absolute atomic E-state index is 0.121. The van der Waals surface area contributed by atoms with Crippen LogP contribution in [-0.4, -0.2) is 37.6 Å². The lowest BCUT2D eigenvalue weighted by Crippen LogP contribution is -2.50. The van der Waals surface area contributed by atoms with Crippen molar-refractivity contribution in [2.24, 2.45) is 5.73 Å². The van der Waals surface area contributed by atoms with Gasteiger partial charge >= 0.3 is 0 Å². The summed E-state index contributed by atoms with van der Waals surface area (Å²) in [7, 11) is 2.20. The summed E-state index contributed by atoms with van der Waals surface area (Å²) >= 11 is 0. The summed E-state index contributed by atoms with van der Waals surface area (Å²) in [5.74, 6) is 0. The van der Waals surface area contributed by atoms with E-state index in [0.717, 1.165) is 19.6 Å². The molecule has 3 nitrogen and oxygen atoms in total. The highest BCUT2D eigenvalue weighted by Gasteiger charge is 2.20. The summed E-state index contributed by atoms with van der Waals surface area (Å²) in [6, 6.07) is 9.41. The molecular formula is C14H23N3. The standard InChI is InChI=1S/C14H23N3/c1-11-10-17(9-8-16(11)3)14-6-4-13(5-7-14)12(2)15/h4-7,11-12H,8-10,15H2,1-3H3/t11?,12-/m0/s1. The Kier molecular flexibility index (Phi) is 3.69. The first-order valence-corrected chi connectivity index (χ1v) is 6.38. The molecule has 0 aliphatic carbocycles. The molecule has 0 amide bonds. The van der Waals surface area contributed by atoms with Crippen molar-refractivity contribution in [3.63, 3.8) is 0 Å². The quantitative estimate of drug-likeness (QED) is 0.846. The van der Waals surface area contributed by atoms with Gasteiger partial charge in [-0.2, -0.15) is 0 Å². The Morgan fingerprint density at radius 3 is 2.41 bits per heavy atom. The maximum absolute atomic E-state index is 5.86. The zero-order valence-electron chi connectivity index (χ0n) is 11.1. The highest BCUT2D eigenvalue weighted by molar-refractivity contribution is 5.48.